The second kappa shape index (κ2) is 5.61. The second-order valence-electron chi connectivity index (χ2n) is 4.97. The van der Waals surface area contributed by atoms with E-state index in [4.69, 9.17) is 16.7 Å². The number of benzene rings is 1. The Kier molecular flexibility index (Phi) is 4.12. The molecule has 3 nitrogen and oxygen atoms in total. The van der Waals surface area contributed by atoms with Gasteiger partial charge in [0.2, 0.25) is 0 Å². The first kappa shape index (κ1) is 13.2. The molecule has 0 radical (unpaired) electrons. The monoisotopic (exact) mass is 267 g/mol. The predicted molar refractivity (Wildman–Crippen MR) is 73.5 cm³/mol. The minimum absolute atomic E-state index is 0.243. The maximum absolute atomic E-state index is 11.2. The molecule has 1 aromatic carbocycles. The molecule has 1 aliphatic carbocycles. The first-order valence-corrected chi connectivity index (χ1v) is 6.75. The zero-order chi connectivity index (χ0) is 13.1. The van der Waals surface area contributed by atoms with Gasteiger partial charge in [-0.05, 0) is 43.9 Å². The maximum Gasteiger partial charge on any atom is 0.337 e. The molecule has 1 unspecified atom stereocenters. The molecule has 4 heteroatoms. The second-order valence-corrected chi connectivity index (χ2v) is 5.41. The highest BCUT2D eigenvalue weighted by Crippen LogP contribution is 2.30. The summed E-state index contributed by atoms with van der Waals surface area (Å²) in [5, 5.41) is 12.9. The van der Waals surface area contributed by atoms with Gasteiger partial charge in [0.05, 0.1) is 5.56 Å². The standard InChI is InChI=1S/C14H18ClNO2/c1-9(10-4-2-3-5-10)16-13-7-6-11(15)8-12(13)14(17)18/h6-10,16H,2-5H2,1H3,(H,17,18). The van der Waals surface area contributed by atoms with Crippen molar-refractivity contribution in [2.75, 3.05) is 5.32 Å². The Morgan fingerprint density at radius 2 is 2.11 bits per heavy atom. The van der Waals surface area contributed by atoms with Gasteiger partial charge in [0.25, 0.3) is 0 Å². The van der Waals surface area contributed by atoms with Gasteiger partial charge >= 0.3 is 5.97 Å². The summed E-state index contributed by atoms with van der Waals surface area (Å²) in [7, 11) is 0. The Labute approximate surface area is 112 Å². The molecule has 0 saturated heterocycles. The van der Waals surface area contributed by atoms with Crippen molar-refractivity contribution in [1.82, 2.24) is 0 Å². The first-order chi connectivity index (χ1) is 8.58. The van der Waals surface area contributed by atoms with Gasteiger partial charge in [0.15, 0.2) is 0 Å². The summed E-state index contributed by atoms with van der Waals surface area (Å²) in [6, 6.07) is 5.26. The highest BCUT2D eigenvalue weighted by molar-refractivity contribution is 6.31. The number of halogens is 1. The molecule has 98 valence electrons. The van der Waals surface area contributed by atoms with Crippen LogP contribution in [-0.4, -0.2) is 17.1 Å². The quantitative estimate of drug-likeness (QED) is 0.866. The molecule has 2 N–H and O–H groups in total. The summed E-state index contributed by atoms with van der Waals surface area (Å²) in [4.78, 5) is 11.2. The molecular formula is C14H18ClNO2. The van der Waals surface area contributed by atoms with Gasteiger partial charge in [0, 0.05) is 16.8 Å². The van der Waals surface area contributed by atoms with Crippen LogP contribution < -0.4 is 5.32 Å². The molecule has 0 heterocycles. The molecule has 0 aliphatic heterocycles. The van der Waals surface area contributed by atoms with Crippen LogP contribution >= 0.6 is 11.6 Å². The fraction of sp³-hybridized carbons (Fsp3) is 0.500. The van der Waals surface area contributed by atoms with Crippen LogP contribution in [0.4, 0.5) is 5.69 Å². The highest BCUT2D eigenvalue weighted by Gasteiger charge is 2.22. The molecule has 1 saturated carbocycles. The van der Waals surface area contributed by atoms with Crippen LogP contribution in [0.15, 0.2) is 18.2 Å². The molecule has 1 fully saturated rings. The van der Waals surface area contributed by atoms with Crippen LogP contribution in [0.25, 0.3) is 0 Å². The van der Waals surface area contributed by atoms with Crippen molar-refractivity contribution in [3.63, 3.8) is 0 Å². The third-order valence-electron chi connectivity index (χ3n) is 3.70. The van der Waals surface area contributed by atoms with Crippen molar-refractivity contribution in [2.24, 2.45) is 5.92 Å². The van der Waals surface area contributed by atoms with Crippen LogP contribution in [0.5, 0.6) is 0 Å². The number of rotatable bonds is 4. The van der Waals surface area contributed by atoms with Gasteiger partial charge < -0.3 is 10.4 Å². The average Bonchev–Trinajstić information content (AvgIpc) is 2.84. The minimum atomic E-state index is -0.946. The van der Waals surface area contributed by atoms with Crippen LogP contribution in [0.2, 0.25) is 5.02 Å². The molecule has 1 aromatic rings. The Bertz CT molecular complexity index is 441. The molecule has 0 aromatic heterocycles. The Morgan fingerprint density at radius 1 is 1.44 bits per heavy atom. The number of aromatic carboxylic acids is 1. The van der Waals surface area contributed by atoms with Crippen LogP contribution in [-0.2, 0) is 0 Å². The summed E-state index contributed by atoms with van der Waals surface area (Å²) < 4.78 is 0. The zero-order valence-corrected chi connectivity index (χ0v) is 11.2. The summed E-state index contributed by atoms with van der Waals surface area (Å²) in [5.74, 6) is -0.305. The Hall–Kier alpha value is -1.22. The molecule has 0 spiro atoms. The van der Waals surface area contributed by atoms with Crippen LogP contribution in [0.3, 0.4) is 0 Å². The lowest BCUT2D eigenvalue weighted by Gasteiger charge is -2.22. The number of carboxylic acids is 1. The van der Waals surface area contributed by atoms with Crippen LogP contribution in [0.1, 0.15) is 43.0 Å². The fourth-order valence-corrected chi connectivity index (χ4v) is 2.81. The number of hydrogen-bond acceptors (Lipinski definition) is 2. The predicted octanol–water partition coefficient (Wildman–Crippen LogP) is 4.03. The number of carbonyl (C=O) groups is 1. The summed E-state index contributed by atoms with van der Waals surface area (Å²) in [6.45, 7) is 2.12. The van der Waals surface area contributed by atoms with E-state index in [1.54, 1.807) is 12.1 Å². The van der Waals surface area contributed by atoms with Gasteiger partial charge in [-0.1, -0.05) is 24.4 Å². The Morgan fingerprint density at radius 3 is 2.72 bits per heavy atom. The lowest BCUT2D eigenvalue weighted by Crippen LogP contribution is -2.24. The van der Waals surface area contributed by atoms with Gasteiger partial charge in [-0.2, -0.15) is 0 Å². The smallest absolute Gasteiger partial charge is 0.337 e. The van der Waals surface area contributed by atoms with E-state index in [1.807, 2.05) is 0 Å². The molecule has 18 heavy (non-hydrogen) atoms. The first-order valence-electron chi connectivity index (χ1n) is 6.37. The zero-order valence-electron chi connectivity index (χ0n) is 10.4. The lowest BCUT2D eigenvalue weighted by molar-refractivity contribution is 0.0698. The van der Waals surface area contributed by atoms with E-state index < -0.39 is 5.97 Å². The highest BCUT2D eigenvalue weighted by atomic mass is 35.5. The molecular weight excluding hydrogens is 250 g/mol. The maximum atomic E-state index is 11.2. The van der Waals surface area contributed by atoms with E-state index in [9.17, 15) is 4.79 Å². The summed E-state index contributed by atoms with van der Waals surface area (Å²) in [5.41, 5.74) is 0.902. The fourth-order valence-electron chi connectivity index (χ4n) is 2.64. The van der Waals surface area contributed by atoms with Crippen molar-refractivity contribution in [3.8, 4) is 0 Å². The van der Waals surface area contributed by atoms with E-state index in [1.165, 1.54) is 31.7 Å². The lowest BCUT2D eigenvalue weighted by atomic mass is 9.99. The Balaban J connectivity index is 2.15. The van der Waals surface area contributed by atoms with Crippen LogP contribution in [0, 0.1) is 5.92 Å². The van der Waals surface area contributed by atoms with Gasteiger partial charge in [-0.25, -0.2) is 4.79 Å². The van der Waals surface area contributed by atoms with E-state index in [-0.39, 0.29) is 5.56 Å². The topological polar surface area (TPSA) is 49.3 Å². The summed E-state index contributed by atoms with van der Waals surface area (Å²) in [6.07, 6.45) is 5.01. The number of hydrogen-bond donors (Lipinski definition) is 2. The van der Waals surface area contributed by atoms with Gasteiger partial charge in [0.1, 0.15) is 0 Å². The molecule has 0 bridgehead atoms. The van der Waals surface area contributed by atoms with Gasteiger partial charge in [-0.3, -0.25) is 0 Å². The van der Waals surface area contributed by atoms with Crippen molar-refractivity contribution in [2.45, 2.75) is 38.6 Å². The van der Waals surface area contributed by atoms with E-state index in [0.717, 1.165) is 0 Å². The molecule has 1 atom stereocenters. The summed E-state index contributed by atoms with van der Waals surface area (Å²) >= 11 is 5.83. The van der Waals surface area contributed by atoms with E-state index in [2.05, 4.69) is 12.2 Å². The van der Waals surface area contributed by atoms with Crippen molar-refractivity contribution in [3.05, 3.63) is 28.8 Å². The van der Waals surface area contributed by atoms with Crippen molar-refractivity contribution in [1.29, 1.82) is 0 Å². The van der Waals surface area contributed by atoms with Gasteiger partial charge in [-0.15, -0.1) is 0 Å². The minimum Gasteiger partial charge on any atom is -0.478 e. The SMILES string of the molecule is CC(Nc1ccc(Cl)cc1C(=O)O)C1CCCC1. The molecule has 1 aliphatic rings. The van der Waals surface area contributed by atoms with Crippen molar-refractivity contribution >= 4 is 23.3 Å². The third-order valence-corrected chi connectivity index (χ3v) is 3.94. The number of anilines is 1. The number of nitrogens with one attached hydrogen (secondary N) is 1. The van der Waals surface area contributed by atoms with E-state index in [0.29, 0.717) is 22.7 Å². The molecule has 2 rings (SSSR count). The van der Waals surface area contributed by atoms with E-state index >= 15 is 0 Å². The van der Waals surface area contributed by atoms with Crippen molar-refractivity contribution < 1.29 is 9.90 Å². The number of carboxylic acid groups (broad SMARTS) is 1. The molecule has 0 amide bonds. The normalized spacial score (nSPS) is 17.7. The third kappa shape index (κ3) is 2.96. The largest absolute Gasteiger partial charge is 0.478 e. The average molecular weight is 268 g/mol.